The normalized spacial score (nSPS) is 10.2. The largest absolute Gasteiger partial charge is 0.495 e. The first-order valence-electron chi connectivity index (χ1n) is 6.25. The number of para-hydroxylation sites is 2. The van der Waals surface area contributed by atoms with Gasteiger partial charge in [0.2, 0.25) is 0 Å². The number of benzene rings is 1. The highest BCUT2D eigenvalue weighted by Gasteiger charge is 2.10. The molecule has 0 spiro atoms. The molecule has 0 amide bonds. The van der Waals surface area contributed by atoms with Crippen molar-refractivity contribution in [1.29, 1.82) is 0 Å². The number of methoxy groups -OCH3 is 1. The van der Waals surface area contributed by atoms with Crippen LogP contribution in [0, 0.1) is 0 Å². The number of nitrogens with zero attached hydrogens (tertiary/aromatic N) is 2. The molecular formula is C14H18N4O. The number of hydrogen-bond donors (Lipinski definition) is 2. The molecule has 1 aromatic carbocycles. The van der Waals surface area contributed by atoms with Crippen molar-refractivity contribution in [2.45, 2.75) is 19.8 Å². The van der Waals surface area contributed by atoms with Crippen molar-refractivity contribution in [3.05, 3.63) is 36.2 Å². The second kappa shape index (κ2) is 6.04. The lowest BCUT2D eigenvalue weighted by Gasteiger charge is -2.14. The van der Waals surface area contributed by atoms with Crippen LogP contribution in [-0.4, -0.2) is 17.1 Å². The molecule has 5 heteroatoms. The van der Waals surface area contributed by atoms with Crippen LogP contribution in [0.5, 0.6) is 5.75 Å². The molecule has 0 fully saturated rings. The Morgan fingerprint density at radius 3 is 2.79 bits per heavy atom. The van der Waals surface area contributed by atoms with Crippen molar-refractivity contribution in [3.8, 4) is 5.75 Å². The van der Waals surface area contributed by atoms with E-state index in [1.54, 1.807) is 7.11 Å². The molecule has 3 N–H and O–H groups in total. The zero-order chi connectivity index (χ0) is 13.7. The molecule has 0 aliphatic heterocycles. The van der Waals surface area contributed by atoms with Crippen LogP contribution in [0.3, 0.4) is 0 Å². The monoisotopic (exact) mass is 258 g/mol. The summed E-state index contributed by atoms with van der Waals surface area (Å²) < 4.78 is 5.31. The Bertz CT molecular complexity index is 557. The average molecular weight is 258 g/mol. The van der Waals surface area contributed by atoms with Gasteiger partial charge in [-0.2, -0.15) is 0 Å². The summed E-state index contributed by atoms with van der Waals surface area (Å²) >= 11 is 0. The van der Waals surface area contributed by atoms with Gasteiger partial charge >= 0.3 is 0 Å². The molecular weight excluding hydrogens is 240 g/mol. The van der Waals surface area contributed by atoms with Crippen molar-refractivity contribution in [2.24, 2.45) is 0 Å². The fraction of sp³-hybridized carbons (Fsp3) is 0.286. The highest BCUT2D eigenvalue weighted by Crippen LogP contribution is 2.29. The summed E-state index contributed by atoms with van der Waals surface area (Å²) in [7, 11) is 1.64. The topological polar surface area (TPSA) is 73.1 Å². The zero-order valence-electron chi connectivity index (χ0n) is 11.2. The summed E-state index contributed by atoms with van der Waals surface area (Å²) in [6.07, 6.45) is 3.29. The summed E-state index contributed by atoms with van der Waals surface area (Å²) in [5.41, 5.74) is 7.71. The number of ether oxygens (including phenoxy) is 1. The summed E-state index contributed by atoms with van der Waals surface area (Å²) in [5, 5.41) is 3.26. The van der Waals surface area contributed by atoms with Gasteiger partial charge in [-0.3, -0.25) is 0 Å². The number of nitrogens with one attached hydrogen (secondary N) is 1. The average Bonchev–Trinajstić information content (AvgIpc) is 2.43. The van der Waals surface area contributed by atoms with Crippen LogP contribution >= 0.6 is 0 Å². The van der Waals surface area contributed by atoms with E-state index in [1.165, 1.54) is 6.33 Å². The maximum Gasteiger partial charge on any atom is 0.142 e. The molecule has 0 radical (unpaired) electrons. The maximum absolute atomic E-state index is 5.91. The third kappa shape index (κ3) is 2.93. The molecule has 0 aliphatic rings. The van der Waals surface area contributed by atoms with E-state index < -0.39 is 0 Å². The van der Waals surface area contributed by atoms with Crippen molar-refractivity contribution in [3.63, 3.8) is 0 Å². The van der Waals surface area contributed by atoms with E-state index in [1.807, 2.05) is 24.3 Å². The fourth-order valence-electron chi connectivity index (χ4n) is 1.91. The van der Waals surface area contributed by atoms with Gasteiger partial charge in [0.05, 0.1) is 12.8 Å². The SMILES string of the molecule is CCCc1c(N)ncnc1Nc1ccccc1OC. The molecule has 19 heavy (non-hydrogen) atoms. The molecule has 1 aromatic heterocycles. The van der Waals surface area contributed by atoms with Crippen LogP contribution in [-0.2, 0) is 6.42 Å². The molecule has 0 saturated carbocycles. The summed E-state index contributed by atoms with van der Waals surface area (Å²) in [4.78, 5) is 8.31. The van der Waals surface area contributed by atoms with Crippen LogP contribution in [0.2, 0.25) is 0 Å². The first kappa shape index (κ1) is 13.1. The van der Waals surface area contributed by atoms with E-state index in [0.29, 0.717) is 5.82 Å². The number of anilines is 3. The third-order valence-corrected chi connectivity index (χ3v) is 2.84. The number of nitrogen functional groups attached to an aromatic ring is 1. The van der Waals surface area contributed by atoms with Crippen molar-refractivity contribution in [1.82, 2.24) is 9.97 Å². The highest BCUT2D eigenvalue weighted by atomic mass is 16.5. The van der Waals surface area contributed by atoms with Crippen LogP contribution in [0.25, 0.3) is 0 Å². The third-order valence-electron chi connectivity index (χ3n) is 2.84. The van der Waals surface area contributed by atoms with Gasteiger partial charge in [0.25, 0.3) is 0 Å². The van der Waals surface area contributed by atoms with E-state index in [9.17, 15) is 0 Å². The highest BCUT2D eigenvalue weighted by molar-refractivity contribution is 5.68. The molecule has 0 aliphatic carbocycles. The lowest BCUT2D eigenvalue weighted by atomic mass is 10.1. The van der Waals surface area contributed by atoms with Gasteiger partial charge in [0, 0.05) is 5.56 Å². The van der Waals surface area contributed by atoms with Gasteiger partial charge in [-0.05, 0) is 18.6 Å². The number of aromatic nitrogens is 2. The Hall–Kier alpha value is -2.30. The molecule has 0 saturated heterocycles. The summed E-state index contributed by atoms with van der Waals surface area (Å²) in [6, 6.07) is 7.69. The van der Waals surface area contributed by atoms with Gasteiger partial charge in [-0.15, -0.1) is 0 Å². The molecule has 2 aromatic rings. The van der Waals surface area contributed by atoms with Gasteiger partial charge in [0.1, 0.15) is 23.7 Å². The van der Waals surface area contributed by atoms with E-state index >= 15 is 0 Å². The zero-order valence-corrected chi connectivity index (χ0v) is 11.2. The molecule has 1 heterocycles. The fourth-order valence-corrected chi connectivity index (χ4v) is 1.91. The first-order valence-corrected chi connectivity index (χ1v) is 6.25. The van der Waals surface area contributed by atoms with E-state index in [4.69, 9.17) is 10.5 Å². The molecule has 2 rings (SSSR count). The van der Waals surface area contributed by atoms with Gasteiger partial charge in [-0.25, -0.2) is 9.97 Å². The Kier molecular flexibility index (Phi) is 4.18. The Balaban J connectivity index is 2.35. The van der Waals surface area contributed by atoms with Crippen LogP contribution in [0.4, 0.5) is 17.3 Å². The predicted molar refractivity (Wildman–Crippen MR) is 76.7 cm³/mol. The number of rotatable bonds is 5. The Labute approximate surface area is 112 Å². The van der Waals surface area contributed by atoms with E-state index in [2.05, 4.69) is 22.2 Å². The van der Waals surface area contributed by atoms with Crippen molar-refractivity contribution in [2.75, 3.05) is 18.2 Å². The number of hydrogen-bond acceptors (Lipinski definition) is 5. The van der Waals surface area contributed by atoms with Gasteiger partial charge < -0.3 is 15.8 Å². The van der Waals surface area contributed by atoms with Crippen LogP contribution < -0.4 is 15.8 Å². The lowest BCUT2D eigenvalue weighted by molar-refractivity contribution is 0.417. The van der Waals surface area contributed by atoms with Gasteiger partial charge in [-0.1, -0.05) is 25.5 Å². The number of nitrogens with two attached hydrogens (primary N) is 1. The quantitative estimate of drug-likeness (QED) is 0.862. The van der Waals surface area contributed by atoms with Crippen molar-refractivity contribution >= 4 is 17.3 Å². The molecule has 5 nitrogen and oxygen atoms in total. The maximum atomic E-state index is 5.91. The summed E-state index contributed by atoms with van der Waals surface area (Å²) in [6.45, 7) is 2.10. The Morgan fingerprint density at radius 2 is 2.05 bits per heavy atom. The Morgan fingerprint density at radius 1 is 1.26 bits per heavy atom. The second-order valence-electron chi connectivity index (χ2n) is 4.16. The standard InChI is InChI=1S/C14H18N4O/c1-3-6-10-13(15)16-9-17-14(10)18-11-7-4-5-8-12(11)19-2/h4-5,7-9H,3,6H2,1-2H3,(H3,15,16,17,18). The minimum absolute atomic E-state index is 0.522. The van der Waals surface area contributed by atoms with E-state index in [-0.39, 0.29) is 0 Å². The minimum atomic E-state index is 0.522. The van der Waals surface area contributed by atoms with E-state index in [0.717, 1.165) is 35.7 Å². The van der Waals surface area contributed by atoms with Gasteiger partial charge in [0.15, 0.2) is 0 Å². The summed E-state index contributed by atoms with van der Waals surface area (Å²) in [5.74, 6) is 2.02. The molecule has 0 atom stereocenters. The molecule has 0 unspecified atom stereocenters. The lowest BCUT2D eigenvalue weighted by Crippen LogP contribution is -2.05. The first-order chi connectivity index (χ1) is 9.26. The second-order valence-corrected chi connectivity index (χ2v) is 4.16. The smallest absolute Gasteiger partial charge is 0.142 e. The van der Waals surface area contributed by atoms with Crippen LogP contribution in [0.15, 0.2) is 30.6 Å². The van der Waals surface area contributed by atoms with Crippen molar-refractivity contribution < 1.29 is 4.74 Å². The molecule has 100 valence electrons. The predicted octanol–water partition coefficient (Wildman–Crippen LogP) is 2.76. The molecule has 0 bridgehead atoms. The minimum Gasteiger partial charge on any atom is -0.495 e. The van der Waals surface area contributed by atoms with Crippen LogP contribution in [0.1, 0.15) is 18.9 Å².